The molecule has 0 unspecified atom stereocenters. The molecule has 2 aliphatic carbocycles. The monoisotopic (exact) mass is 271 g/mol. The van der Waals surface area contributed by atoms with Gasteiger partial charge in [-0.15, -0.1) is 0 Å². The fourth-order valence-corrected chi connectivity index (χ4v) is 3.33. The summed E-state index contributed by atoms with van der Waals surface area (Å²) in [7, 11) is 0. The van der Waals surface area contributed by atoms with Gasteiger partial charge in [0.05, 0.1) is 24.5 Å². The molecule has 1 aliphatic heterocycles. The van der Waals surface area contributed by atoms with Gasteiger partial charge in [-0.05, 0) is 38.2 Å². The average molecular weight is 271 g/mol. The highest BCUT2D eigenvalue weighted by molar-refractivity contribution is 5.79. The first kappa shape index (κ1) is 12.2. The van der Waals surface area contributed by atoms with E-state index in [9.17, 15) is 4.79 Å². The number of carbonyl (C=O) groups excluding carboxylic acids is 1. The summed E-state index contributed by atoms with van der Waals surface area (Å²) in [5.41, 5.74) is 2.47. The number of hydrogen-bond acceptors (Lipinski definition) is 2. The van der Waals surface area contributed by atoms with Crippen LogP contribution in [-0.4, -0.2) is 27.1 Å². The van der Waals surface area contributed by atoms with Gasteiger partial charge in [-0.1, -0.05) is 12.2 Å². The second-order valence-electron chi connectivity index (χ2n) is 6.30. The summed E-state index contributed by atoms with van der Waals surface area (Å²) in [6, 6.07) is 2.22. The quantitative estimate of drug-likeness (QED) is 0.775. The highest BCUT2D eigenvalue weighted by atomic mass is 16.2. The van der Waals surface area contributed by atoms with E-state index in [0.717, 1.165) is 38.9 Å². The minimum Gasteiger partial charge on any atom is -0.335 e. The van der Waals surface area contributed by atoms with Crippen molar-refractivity contribution in [2.45, 2.75) is 51.1 Å². The van der Waals surface area contributed by atoms with Crippen molar-refractivity contribution in [1.82, 2.24) is 14.7 Å². The van der Waals surface area contributed by atoms with Crippen molar-refractivity contribution in [3.05, 3.63) is 29.6 Å². The molecular formula is C16H21N3O. The van der Waals surface area contributed by atoms with Crippen molar-refractivity contribution in [3.8, 4) is 0 Å². The fourth-order valence-electron chi connectivity index (χ4n) is 3.33. The number of fused-ring (bicyclic) bond motifs is 1. The maximum absolute atomic E-state index is 12.6. The molecule has 0 saturated heterocycles. The number of allylic oxidation sites excluding steroid dienone is 2. The number of nitrogens with zero attached hydrogens (tertiary/aromatic N) is 3. The topological polar surface area (TPSA) is 38.1 Å². The lowest BCUT2D eigenvalue weighted by Crippen LogP contribution is -2.41. The molecule has 4 nitrogen and oxygen atoms in total. The molecule has 0 bridgehead atoms. The standard InChI is InChI=1S/C16H21N3O/c20-16(13-4-2-1-3-5-13)18-8-9-19-14(11-18)10-15(17-19)12-6-7-12/h1-2,10,12-13H,3-9,11H2/t13-/m1/s1. The van der Waals surface area contributed by atoms with E-state index in [1.165, 1.54) is 24.2 Å². The first-order valence-electron chi connectivity index (χ1n) is 7.81. The molecule has 4 heteroatoms. The van der Waals surface area contributed by atoms with E-state index in [0.29, 0.717) is 11.8 Å². The summed E-state index contributed by atoms with van der Waals surface area (Å²) >= 11 is 0. The van der Waals surface area contributed by atoms with Gasteiger partial charge < -0.3 is 4.90 Å². The van der Waals surface area contributed by atoms with Crippen LogP contribution in [0.1, 0.15) is 49.4 Å². The number of carbonyl (C=O) groups is 1. The molecule has 20 heavy (non-hydrogen) atoms. The molecule has 2 heterocycles. The number of hydrogen-bond donors (Lipinski definition) is 0. The second kappa shape index (κ2) is 4.76. The lowest BCUT2D eigenvalue weighted by molar-refractivity contribution is -0.137. The molecule has 0 radical (unpaired) electrons. The molecule has 1 saturated carbocycles. The van der Waals surface area contributed by atoms with E-state index in [1.54, 1.807) is 0 Å². The van der Waals surface area contributed by atoms with E-state index in [1.807, 2.05) is 4.90 Å². The van der Waals surface area contributed by atoms with E-state index >= 15 is 0 Å². The number of aromatic nitrogens is 2. The third-order valence-corrected chi connectivity index (χ3v) is 4.74. The van der Waals surface area contributed by atoms with Crippen molar-refractivity contribution >= 4 is 5.91 Å². The molecule has 3 aliphatic rings. The van der Waals surface area contributed by atoms with Crippen LogP contribution in [-0.2, 0) is 17.9 Å². The van der Waals surface area contributed by atoms with Crippen LogP contribution in [0.2, 0.25) is 0 Å². The second-order valence-corrected chi connectivity index (χ2v) is 6.30. The SMILES string of the molecule is O=C([C@@H]1CC=CCC1)N1CCn2nc(C3CC3)cc2C1. The van der Waals surface area contributed by atoms with Crippen molar-refractivity contribution < 1.29 is 4.79 Å². The maximum atomic E-state index is 12.6. The Bertz CT molecular complexity index is 556. The molecular weight excluding hydrogens is 250 g/mol. The Morgan fingerprint density at radius 3 is 2.85 bits per heavy atom. The molecule has 0 spiro atoms. The predicted octanol–water partition coefficient (Wildman–Crippen LogP) is 2.46. The van der Waals surface area contributed by atoms with Crippen LogP contribution in [0.4, 0.5) is 0 Å². The third-order valence-electron chi connectivity index (χ3n) is 4.74. The molecule has 1 amide bonds. The minimum atomic E-state index is 0.206. The molecule has 1 fully saturated rings. The molecule has 1 atom stereocenters. The maximum Gasteiger partial charge on any atom is 0.226 e. The fraction of sp³-hybridized carbons (Fsp3) is 0.625. The third kappa shape index (κ3) is 2.17. The summed E-state index contributed by atoms with van der Waals surface area (Å²) in [6.07, 6.45) is 9.90. The van der Waals surface area contributed by atoms with Crippen molar-refractivity contribution in [1.29, 1.82) is 0 Å². The minimum absolute atomic E-state index is 0.206. The summed E-state index contributed by atoms with van der Waals surface area (Å²) < 4.78 is 2.11. The zero-order chi connectivity index (χ0) is 13.5. The van der Waals surface area contributed by atoms with Crippen molar-refractivity contribution in [3.63, 3.8) is 0 Å². The van der Waals surface area contributed by atoms with Gasteiger partial charge in [-0.3, -0.25) is 9.48 Å². The Hall–Kier alpha value is -1.58. The Balaban J connectivity index is 1.48. The summed E-state index contributed by atoms with van der Waals surface area (Å²) in [5.74, 6) is 1.24. The normalized spacial score (nSPS) is 25.6. The average Bonchev–Trinajstić information content (AvgIpc) is 3.26. The van der Waals surface area contributed by atoms with E-state index in [-0.39, 0.29) is 5.92 Å². The van der Waals surface area contributed by atoms with Crippen LogP contribution in [0.15, 0.2) is 18.2 Å². The molecule has 1 aromatic rings. The highest BCUT2D eigenvalue weighted by Crippen LogP contribution is 2.39. The first-order chi connectivity index (χ1) is 9.81. The van der Waals surface area contributed by atoms with Gasteiger partial charge in [0.25, 0.3) is 0 Å². The molecule has 4 rings (SSSR count). The molecule has 0 N–H and O–H groups in total. The van der Waals surface area contributed by atoms with Crippen molar-refractivity contribution in [2.75, 3.05) is 6.54 Å². The van der Waals surface area contributed by atoms with Gasteiger partial charge in [0.2, 0.25) is 5.91 Å². The lowest BCUT2D eigenvalue weighted by atomic mass is 9.93. The van der Waals surface area contributed by atoms with Crippen molar-refractivity contribution in [2.24, 2.45) is 5.92 Å². The van der Waals surface area contributed by atoms with Crippen LogP contribution in [0.5, 0.6) is 0 Å². The smallest absolute Gasteiger partial charge is 0.226 e. The van der Waals surface area contributed by atoms with Crippen LogP contribution >= 0.6 is 0 Å². The molecule has 106 valence electrons. The Morgan fingerprint density at radius 1 is 1.20 bits per heavy atom. The van der Waals surface area contributed by atoms with Gasteiger partial charge in [0.15, 0.2) is 0 Å². The highest BCUT2D eigenvalue weighted by Gasteiger charge is 2.31. The summed E-state index contributed by atoms with van der Waals surface area (Å²) in [5, 5.41) is 4.69. The lowest BCUT2D eigenvalue weighted by Gasteiger charge is -2.31. The Kier molecular flexibility index (Phi) is 2.90. The van der Waals surface area contributed by atoms with Crippen LogP contribution in [0.25, 0.3) is 0 Å². The zero-order valence-electron chi connectivity index (χ0n) is 11.8. The van der Waals surface area contributed by atoms with Crippen LogP contribution in [0.3, 0.4) is 0 Å². The number of rotatable bonds is 2. The summed E-state index contributed by atoms with van der Waals surface area (Å²) in [4.78, 5) is 14.6. The van der Waals surface area contributed by atoms with Gasteiger partial charge in [-0.2, -0.15) is 5.10 Å². The van der Waals surface area contributed by atoms with Gasteiger partial charge in [-0.25, -0.2) is 0 Å². The van der Waals surface area contributed by atoms with Crippen LogP contribution in [0, 0.1) is 5.92 Å². The predicted molar refractivity (Wildman–Crippen MR) is 76.1 cm³/mol. The zero-order valence-corrected chi connectivity index (χ0v) is 11.8. The van der Waals surface area contributed by atoms with Gasteiger partial charge >= 0.3 is 0 Å². The Morgan fingerprint density at radius 2 is 2.10 bits per heavy atom. The summed E-state index contributed by atoms with van der Waals surface area (Å²) in [6.45, 7) is 2.42. The Labute approximate surface area is 119 Å². The molecule has 0 aromatic carbocycles. The van der Waals surface area contributed by atoms with E-state index in [4.69, 9.17) is 0 Å². The van der Waals surface area contributed by atoms with Crippen LogP contribution < -0.4 is 0 Å². The first-order valence-corrected chi connectivity index (χ1v) is 7.81. The van der Waals surface area contributed by atoms with Gasteiger partial charge in [0, 0.05) is 18.4 Å². The largest absolute Gasteiger partial charge is 0.335 e. The van der Waals surface area contributed by atoms with Gasteiger partial charge in [0.1, 0.15) is 0 Å². The van der Waals surface area contributed by atoms with E-state index in [2.05, 4.69) is 28.0 Å². The molecule has 1 aromatic heterocycles. The van der Waals surface area contributed by atoms with E-state index < -0.39 is 0 Å². The number of amides is 1.